The molecule has 1 aromatic carbocycles. The Bertz CT molecular complexity index is 587. The Morgan fingerprint density at radius 3 is 2.71 bits per heavy atom. The van der Waals surface area contributed by atoms with Gasteiger partial charge < -0.3 is 5.32 Å². The monoisotopic (exact) mass is 414 g/mol. The number of nitrogens with zero attached hydrogens (tertiary/aromatic N) is 1. The van der Waals surface area contributed by atoms with Crippen LogP contribution in [0.15, 0.2) is 45.5 Å². The number of hydrogen-bond acceptors (Lipinski definition) is 2. The number of rotatable bonds is 6. The molecule has 2 rings (SSSR count). The van der Waals surface area contributed by atoms with Crippen LogP contribution in [-0.2, 0) is 6.42 Å². The van der Waals surface area contributed by atoms with Crippen molar-refractivity contribution in [2.45, 2.75) is 25.8 Å². The van der Waals surface area contributed by atoms with Gasteiger partial charge >= 0.3 is 0 Å². The first kappa shape index (κ1) is 16.6. The summed E-state index contributed by atoms with van der Waals surface area (Å²) in [6.07, 6.45) is 3.42. The van der Waals surface area contributed by atoms with Crippen molar-refractivity contribution in [1.29, 1.82) is 0 Å². The highest BCUT2D eigenvalue weighted by atomic mass is 79.9. The van der Waals surface area contributed by atoms with Crippen molar-refractivity contribution in [3.8, 4) is 0 Å². The predicted octanol–water partition coefficient (Wildman–Crippen LogP) is 5.03. The lowest BCUT2D eigenvalue weighted by atomic mass is 10.0. The van der Waals surface area contributed by atoms with E-state index >= 15 is 0 Å². The molecule has 1 atom stereocenters. The molecule has 0 saturated carbocycles. The first-order valence-electron chi connectivity index (χ1n) is 6.89. The molecule has 1 unspecified atom stereocenters. The second-order valence-electron chi connectivity index (χ2n) is 4.82. The fourth-order valence-corrected chi connectivity index (χ4v) is 2.75. The van der Waals surface area contributed by atoms with Crippen LogP contribution in [0.2, 0.25) is 0 Å². The molecule has 2 nitrogen and oxygen atoms in total. The van der Waals surface area contributed by atoms with Crippen molar-refractivity contribution in [2.24, 2.45) is 0 Å². The largest absolute Gasteiger partial charge is 0.310 e. The van der Waals surface area contributed by atoms with Crippen LogP contribution in [0.1, 0.15) is 30.6 Å². The van der Waals surface area contributed by atoms with E-state index < -0.39 is 0 Å². The highest BCUT2D eigenvalue weighted by Gasteiger charge is 2.17. The van der Waals surface area contributed by atoms with E-state index in [0.717, 1.165) is 23.1 Å². The topological polar surface area (TPSA) is 24.9 Å². The molecule has 0 aliphatic rings. The standard InChI is InChI=1S/C16H17Br2FN2/c1-2-8-20-15(9-12-7-6-11(17)10-21-12)13-4-3-5-14(18)16(13)19/h3-7,10,15,20H,2,8-9H2,1H3. The summed E-state index contributed by atoms with van der Waals surface area (Å²) in [5.74, 6) is -0.205. The summed E-state index contributed by atoms with van der Waals surface area (Å²) < 4.78 is 15.8. The van der Waals surface area contributed by atoms with Crippen molar-refractivity contribution < 1.29 is 4.39 Å². The van der Waals surface area contributed by atoms with E-state index in [4.69, 9.17) is 0 Å². The fraction of sp³-hybridized carbons (Fsp3) is 0.312. The zero-order chi connectivity index (χ0) is 15.2. The SMILES string of the molecule is CCCNC(Cc1ccc(Br)cn1)c1cccc(Br)c1F. The third-order valence-electron chi connectivity index (χ3n) is 3.20. The Labute approximate surface area is 141 Å². The van der Waals surface area contributed by atoms with Gasteiger partial charge in [-0.25, -0.2) is 4.39 Å². The molecule has 0 spiro atoms. The van der Waals surface area contributed by atoms with Crippen LogP contribution in [0, 0.1) is 5.82 Å². The van der Waals surface area contributed by atoms with Crippen molar-refractivity contribution in [1.82, 2.24) is 10.3 Å². The molecular weight excluding hydrogens is 399 g/mol. The zero-order valence-corrected chi connectivity index (χ0v) is 14.9. The van der Waals surface area contributed by atoms with Gasteiger partial charge in [-0.05, 0) is 63.0 Å². The molecule has 112 valence electrons. The van der Waals surface area contributed by atoms with Crippen LogP contribution in [0.3, 0.4) is 0 Å². The lowest BCUT2D eigenvalue weighted by Crippen LogP contribution is -2.25. The van der Waals surface area contributed by atoms with Gasteiger partial charge in [0.2, 0.25) is 0 Å². The van der Waals surface area contributed by atoms with E-state index in [2.05, 4.69) is 49.1 Å². The van der Waals surface area contributed by atoms with Crippen molar-refractivity contribution in [3.05, 3.63) is 62.5 Å². The van der Waals surface area contributed by atoms with Gasteiger partial charge in [0.25, 0.3) is 0 Å². The Hall–Kier alpha value is -0.780. The third kappa shape index (κ3) is 4.59. The average molecular weight is 416 g/mol. The Kier molecular flexibility index (Phi) is 6.33. The van der Waals surface area contributed by atoms with E-state index in [9.17, 15) is 4.39 Å². The maximum atomic E-state index is 14.3. The average Bonchev–Trinajstić information content (AvgIpc) is 2.48. The molecule has 0 radical (unpaired) electrons. The minimum Gasteiger partial charge on any atom is -0.310 e. The molecule has 0 amide bonds. The summed E-state index contributed by atoms with van der Waals surface area (Å²) in [5, 5.41) is 3.40. The molecule has 2 aromatic rings. The molecule has 0 saturated heterocycles. The second kappa shape index (κ2) is 8.01. The van der Waals surface area contributed by atoms with Gasteiger partial charge in [0, 0.05) is 34.4 Å². The second-order valence-corrected chi connectivity index (χ2v) is 6.59. The molecule has 0 aliphatic carbocycles. The van der Waals surface area contributed by atoms with Gasteiger partial charge in [-0.15, -0.1) is 0 Å². The van der Waals surface area contributed by atoms with E-state index in [-0.39, 0.29) is 11.9 Å². The van der Waals surface area contributed by atoms with Gasteiger partial charge in [-0.1, -0.05) is 19.1 Å². The number of hydrogen-bond donors (Lipinski definition) is 1. The van der Waals surface area contributed by atoms with Crippen LogP contribution in [0.25, 0.3) is 0 Å². The quantitative estimate of drug-likeness (QED) is 0.715. The highest BCUT2D eigenvalue weighted by Crippen LogP contribution is 2.26. The van der Waals surface area contributed by atoms with Crippen molar-refractivity contribution >= 4 is 31.9 Å². The zero-order valence-electron chi connectivity index (χ0n) is 11.7. The molecule has 1 N–H and O–H groups in total. The number of benzene rings is 1. The first-order chi connectivity index (χ1) is 10.1. The Morgan fingerprint density at radius 1 is 1.24 bits per heavy atom. The molecule has 5 heteroatoms. The van der Waals surface area contributed by atoms with E-state index in [0.29, 0.717) is 16.5 Å². The highest BCUT2D eigenvalue weighted by molar-refractivity contribution is 9.10. The van der Waals surface area contributed by atoms with Crippen LogP contribution in [-0.4, -0.2) is 11.5 Å². The molecule has 0 fully saturated rings. The molecule has 21 heavy (non-hydrogen) atoms. The Balaban J connectivity index is 2.25. The van der Waals surface area contributed by atoms with Crippen molar-refractivity contribution in [2.75, 3.05) is 6.54 Å². The van der Waals surface area contributed by atoms with Gasteiger partial charge in [-0.2, -0.15) is 0 Å². The number of aromatic nitrogens is 1. The molecule has 0 bridgehead atoms. The number of halogens is 3. The summed E-state index contributed by atoms with van der Waals surface area (Å²) in [4.78, 5) is 4.38. The number of pyridine rings is 1. The smallest absolute Gasteiger partial charge is 0.142 e. The fourth-order valence-electron chi connectivity index (χ4n) is 2.14. The van der Waals surface area contributed by atoms with Crippen LogP contribution >= 0.6 is 31.9 Å². The Morgan fingerprint density at radius 2 is 2.05 bits per heavy atom. The molecular formula is C16H17Br2FN2. The van der Waals surface area contributed by atoms with Crippen LogP contribution in [0.4, 0.5) is 4.39 Å². The van der Waals surface area contributed by atoms with Crippen LogP contribution < -0.4 is 5.32 Å². The van der Waals surface area contributed by atoms with Gasteiger partial charge in [0.1, 0.15) is 5.82 Å². The molecule has 1 aromatic heterocycles. The van der Waals surface area contributed by atoms with E-state index in [1.165, 1.54) is 0 Å². The van der Waals surface area contributed by atoms with Gasteiger partial charge in [0.05, 0.1) is 4.47 Å². The number of nitrogens with one attached hydrogen (secondary N) is 1. The summed E-state index contributed by atoms with van der Waals surface area (Å²) in [5.41, 5.74) is 1.61. The van der Waals surface area contributed by atoms with E-state index in [1.807, 2.05) is 24.3 Å². The summed E-state index contributed by atoms with van der Waals surface area (Å²) in [7, 11) is 0. The maximum absolute atomic E-state index is 14.3. The minimum absolute atomic E-state index is 0.0869. The minimum atomic E-state index is -0.205. The lowest BCUT2D eigenvalue weighted by Gasteiger charge is -2.20. The van der Waals surface area contributed by atoms with E-state index in [1.54, 1.807) is 12.3 Å². The lowest BCUT2D eigenvalue weighted by molar-refractivity contribution is 0.491. The molecule has 1 heterocycles. The third-order valence-corrected chi connectivity index (χ3v) is 4.28. The molecule has 0 aliphatic heterocycles. The first-order valence-corrected chi connectivity index (χ1v) is 8.48. The maximum Gasteiger partial charge on any atom is 0.142 e. The normalized spacial score (nSPS) is 12.4. The van der Waals surface area contributed by atoms with Gasteiger partial charge in [0.15, 0.2) is 0 Å². The van der Waals surface area contributed by atoms with Crippen LogP contribution in [0.5, 0.6) is 0 Å². The summed E-state index contributed by atoms with van der Waals surface area (Å²) in [6, 6.07) is 9.23. The van der Waals surface area contributed by atoms with Gasteiger partial charge in [-0.3, -0.25) is 4.98 Å². The summed E-state index contributed by atoms with van der Waals surface area (Å²) >= 11 is 6.63. The predicted molar refractivity (Wildman–Crippen MR) is 90.8 cm³/mol. The van der Waals surface area contributed by atoms with Crippen molar-refractivity contribution in [3.63, 3.8) is 0 Å². The summed E-state index contributed by atoms with van der Waals surface area (Å²) in [6.45, 7) is 2.94.